The minimum Gasteiger partial charge on any atom is -0.459 e. The van der Waals surface area contributed by atoms with Crippen LogP contribution in [-0.2, 0) is 4.74 Å². The molecule has 0 bridgehead atoms. The fourth-order valence-electron chi connectivity index (χ4n) is 2.07. The first-order chi connectivity index (χ1) is 8.68. The maximum absolute atomic E-state index is 11.9. The van der Waals surface area contributed by atoms with Crippen LogP contribution in [-0.4, -0.2) is 49.7 Å². The summed E-state index contributed by atoms with van der Waals surface area (Å²) >= 11 is 0. The number of nitrogens with zero attached hydrogens (tertiary/aromatic N) is 1. The lowest BCUT2D eigenvalue weighted by Gasteiger charge is -2.32. The number of hydrogen-bond acceptors (Lipinski definition) is 4. The van der Waals surface area contributed by atoms with Crippen LogP contribution < -0.4 is 5.32 Å². The maximum Gasteiger partial charge on any atom is 0.287 e. The van der Waals surface area contributed by atoms with E-state index in [1.807, 2.05) is 6.92 Å². The normalized spacial score (nSPS) is 18.6. The van der Waals surface area contributed by atoms with Crippen molar-refractivity contribution < 1.29 is 13.9 Å². The Morgan fingerprint density at radius 1 is 1.50 bits per heavy atom. The maximum atomic E-state index is 11.9. The molecule has 1 fully saturated rings. The third kappa shape index (κ3) is 3.11. The number of amides is 1. The molecule has 18 heavy (non-hydrogen) atoms. The van der Waals surface area contributed by atoms with Gasteiger partial charge in [0.2, 0.25) is 0 Å². The van der Waals surface area contributed by atoms with Gasteiger partial charge in [0.1, 0.15) is 0 Å². The molecular weight excluding hydrogens is 232 g/mol. The number of nitrogens with one attached hydrogen (secondary N) is 1. The number of rotatable bonds is 4. The lowest BCUT2D eigenvalue weighted by Crippen LogP contribution is -2.47. The van der Waals surface area contributed by atoms with Gasteiger partial charge in [-0.1, -0.05) is 0 Å². The van der Waals surface area contributed by atoms with Gasteiger partial charge in [0.15, 0.2) is 5.76 Å². The van der Waals surface area contributed by atoms with E-state index in [2.05, 4.69) is 17.1 Å². The third-order valence-electron chi connectivity index (χ3n) is 3.30. The van der Waals surface area contributed by atoms with Gasteiger partial charge in [0.25, 0.3) is 5.91 Å². The van der Waals surface area contributed by atoms with E-state index in [1.54, 1.807) is 6.07 Å². The first-order valence-corrected chi connectivity index (χ1v) is 6.32. The Labute approximate surface area is 107 Å². The van der Waals surface area contributed by atoms with Crippen LogP contribution in [0, 0.1) is 6.92 Å². The van der Waals surface area contributed by atoms with Crippen LogP contribution in [0.3, 0.4) is 0 Å². The number of ether oxygens (including phenoxy) is 1. The molecule has 0 spiro atoms. The average Bonchev–Trinajstić information content (AvgIpc) is 2.83. The minimum atomic E-state index is -0.141. The van der Waals surface area contributed by atoms with Crippen molar-refractivity contribution in [1.82, 2.24) is 10.2 Å². The van der Waals surface area contributed by atoms with Crippen molar-refractivity contribution in [2.75, 3.05) is 32.8 Å². The zero-order valence-electron chi connectivity index (χ0n) is 10.9. The van der Waals surface area contributed by atoms with E-state index >= 15 is 0 Å². The van der Waals surface area contributed by atoms with Crippen molar-refractivity contribution in [2.45, 2.75) is 19.9 Å². The van der Waals surface area contributed by atoms with Gasteiger partial charge >= 0.3 is 0 Å². The largest absolute Gasteiger partial charge is 0.459 e. The summed E-state index contributed by atoms with van der Waals surface area (Å²) < 4.78 is 10.5. The van der Waals surface area contributed by atoms with Crippen LogP contribution in [0.2, 0.25) is 0 Å². The molecule has 0 saturated carbocycles. The topological polar surface area (TPSA) is 54.7 Å². The highest BCUT2D eigenvalue weighted by Gasteiger charge is 2.19. The number of morpholine rings is 1. The van der Waals surface area contributed by atoms with E-state index in [1.165, 1.54) is 6.26 Å². The highest BCUT2D eigenvalue weighted by molar-refractivity contribution is 5.92. The minimum absolute atomic E-state index is 0.141. The van der Waals surface area contributed by atoms with Crippen molar-refractivity contribution in [3.05, 3.63) is 23.7 Å². The number of carbonyl (C=O) groups excluding carboxylic acids is 1. The van der Waals surface area contributed by atoms with Crippen molar-refractivity contribution in [3.63, 3.8) is 0 Å². The summed E-state index contributed by atoms with van der Waals surface area (Å²) in [6.07, 6.45) is 1.54. The smallest absolute Gasteiger partial charge is 0.287 e. The van der Waals surface area contributed by atoms with Gasteiger partial charge in [-0.2, -0.15) is 0 Å². The molecule has 0 aliphatic carbocycles. The SMILES string of the molecule is Cc1ccoc1C(=O)NCC(C)N1CCOCC1. The second-order valence-electron chi connectivity index (χ2n) is 4.64. The van der Waals surface area contributed by atoms with Gasteiger partial charge in [-0.25, -0.2) is 0 Å². The molecule has 5 nitrogen and oxygen atoms in total. The molecule has 5 heteroatoms. The first kappa shape index (κ1) is 13.1. The molecule has 1 aromatic rings. The molecule has 0 radical (unpaired) electrons. The zero-order chi connectivity index (χ0) is 13.0. The molecule has 0 aromatic carbocycles. The monoisotopic (exact) mass is 252 g/mol. The molecular formula is C13H20N2O3. The lowest BCUT2D eigenvalue weighted by molar-refractivity contribution is 0.0203. The number of hydrogen-bond donors (Lipinski definition) is 1. The van der Waals surface area contributed by atoms with Crippen LogP contribution in [0.15, 0.2) is 16.7 Å². The lowest BCUT2D eigenvalue weighted by atomic mass is 10.2. The predicted octanol–water partition coefficient (Wildman–Crippen LogP) is 1.04. The molecule has 1 amide bonds. The number of carbonyl (C=O) groups is 1. The standard InChI is InChI=1S/C13H20N2O3/c1-10-3-6-18-12(10)13(16)14-9-11(2)15-4-7-17-8-5-15/h3,6,11H,4-5,7-9H2,1-2H3,(H,14,16). The van der Waals surface area contributed by atoms with E-state index in [-0.39, 0.29) is 5.91 Å². The van der Waals surface area contributed by atoms with E-state index in [9.17, 15) is 4.79 Å². The summed E-state index contributed by atoms with van der Waals surface area (Å²) in [6.45, 7) is 8.00. The molecule has 1 saturated heterocycles. The Morgan fingerprint density at radius 2 is 2.22 bits per heavy atom. The Kier molecular flexibility index (Phi) is 4.38. The molecule has 1 aliphatic heterocycles. The van der Waals surface area contributed by atoms with Crippen LogP contribution in [0.25, 0.3) is 0 Å². The van der Waals surface area contributed by atoms with E-state index in [0.29, 0.717) is 18.3 Å². The van der Waals surface area contributed by atoms with Crippen LogP contribution in [0.5, 0.6) is 0 Å². The van der Waals surface area contributed by atoms with Crippen LogP contribution in [0.1, 0.15) is 23.0 Å². The quantitative estimate of drug-likeness (QED) is 0.870. The van der Waals surface area contributed by atoms with Crippen LogP contribution >= 0.6 is 0 Å². The molecule has 1 aliphatic rings. The second kappa shape index (κ2) is 6.02. The summed E-state index contributed by atoms with van der Waals surface area (Å²) in [5.74, 6) is 0.266. The van der Waals surface area contributed by atoms with Gasteiger partial charge in [-0.15, -0.1) is 0 Å². The van der Waals surface area contributed by atoms with Crippen molar-refractivity contribution >= 4 is 5.91 Å². The van der Waals surface area contributed by atoms with Crippen molar-refractivity contribution in [2.24, 2.45) is 0 Å². The van der Waals surface area contributed by atoms with Gasteiger partial charge < -0.3 is 14.5 Å². The molecule has 1 atom stereocenters. The third-order valence-corrected chi connectivity index (χ3v) is 3.30. The fraction of sp³-hybridized carbons (Fsp3) is 0.615. The van der Waals surface area contributed by atoms with Crippen molar-refractivity contribution in [3.8, 4) is 0 Å². The molecule has 1 unspecified atom stereocenters. The van der Waals surface area contributed by atoms with Gasteiger partial charge in [-0.05, 0) is 19.9 Å². The number of furan rings is 1. The summed E-state index contributed by atoms with van der Waals surface area (Å²) in [4.78, 5) is 14.2. The van der Waals surface area contributed by atoms with Gasteiger partial charge in [-0.3, -0.25) is 9.69 Å². The molecule has 1 aromatic heterocycles. The summed E-state index contributed by atoms with van der Waals surface area (Å²) in [5, 5.41) is 2.91. The first-order valence-electron chi connectivity index (χ1n) is 6.32. The van der Waals surface area contributed by atoms with E-state index < -0.39 is 0 Å². The Morgan fingerprint density at radius 3 is 2.83 bits per heavy atom. The molecule has 2 rings (SSSR count). The van der Waals surface area contributed by atoms with Gasteiger partial charge in [0, 0.05) is 31.2 Å². The van der Waals surface area contributed by atoms with E-state index in [4.69, 9.17) is 9.15 Å². The summed E-state index contributed by atoms with van der Waals surface area (Å²) in [5.41, 5.74) is 0.867. The van der Waals surface area contributed by atoms with Crippen molar-refractivity contribution in [1.29, 1.82) is 0 Å². The highest BCUT2D eigenvalue weighted by Crippen LogP contribution is 2.08. The Bertz CT molecular complexity index is 397. The molecule has 2 heterocycles. The fourth-order valence-corrected chi connectivity index (χ4v) is 2.07. The Hall–Kier alpha value is -1.33. The molecule has 1 N–H and O–H groups in total. The predicted molar refractivity (Wildman–Crippen MR) is 67.6 cm³/mol. The Balaban J connectivity index is 1.80. The zero-order valence-corrected chi connectivity index (χ0v) is 10.9. The average molecular weight is 252 g/mol. The van der Waals surface area contributed by atoms with Gasteiger partial charge in [0.05, 0.1) is 19.5 Å². The van der Waals surface area contributed by atoms with E-state index in [0.717, 1.165) is 31.9 Å². The molecule has 100 valence electrons. The second-order valence-corrected chi connectivity index (χ2v) is 4.64. The van der Waals surface area contributed by atoms with Crippen LogP contribution in [0.4, 0.5) is 0 Å². The summed E-state index contributed by atoms with van der Waals surface area (Å²) in [7, 11) is 0. The number of aryl methyl sites for hydroxylation is 1. The highest BCUT2D eigenvalue weighted by atomic mass is 16.5. The summed E-state index contributed by atoms with van der Waals surface area (Å²) in [6, 6.07) is 2.11.